The molecule has 0 saturated carbocycles. The van der Waals surface area contributed by atoms with Crippen LogP contribution in [-0.4, -0.2) is 26.7 Å². The highest BCUT2D eigenvalue weighted by molar-refractivity contribution is 5.95. The van der Waals surface area contributed by atoms with Crippen LogP contribution in [0.3, 0.4) is 0 Å². The van der Waals surface area contributed by atoms with E-state index < -0.39 is 0 Å². The van der Waals surface area contributed by atoms with Gasteiger partial charge in [-0.2, -0.15) is 0 Å². The van der Waals surface area contributed by atoms with Gasteiger partial charge < -0.3 is 20.5 Å². The number of ether oxygens (including phenoxy) is 2. The number of carbonyl (C=O) groups excluding carboxylic acids is 1. The summed E-state index contributed by atoms with van der Waals surface area (Å²) < 4.78 is 9.99. The lowest BCUT2D eigenvalue weighted by Gasteiger charge is -2.13. The van der Waals surface area contributed by atoms with Crippen molar-refractivity contribution in [1.29, 1.82) is 0 Å². The van der Waals surface area contributed by atoms with Gasteiger partial charge in [-0.05, 0) is 12.1 Å². The maximum Gasteiger partial charge on any atom is 0.229 e. The summed E-state index contributed by atoms with van der Waals surface area (Å²) in [4.78, 5) is 11.8. The standard InChI is InChI=1S/C12H18N2O3.ClH/c1-8(7-16-2)12(15)14-11-6-9(17-3)4-5-10(11)13;/h4-6,8H,7,13H2,1-3H3,(H,14,15);1H. The Morgan fingerprint density at radius 1 is 1.44 bits per heavy atom. The molecule has 0 radical (unpaired) electrons. The van der Waals surface area contributed by atoms with E-state index in [1.54, 1.807) is 39.3 Å². The zero-order valence-corrected chi connectivity index (χ0v) is 11.5. The second kappa shape index (κ2) is 7.79. The van der Waals surface area contributed by atoms with Gasteiger partial charge in [0.05, 0.1) is 31.0 Å². The molecule has 5 nitrogen and oxygen atoms in total. The number of halogens is 1. The van der Waals surface area contributed by atoms with Crippen LogP contribution in [0.4, 0.5) is 11.4 Å². The van der Waals surface area contributed by atoms with Crippen LogP contribution in [0, 0.1) is 5.92 Å². The van der Waals surface area contributed by atoms with Crippen molar-refractivity contribution >= 4 is 29.7 Å². The van der Waals surface area contributed by atoms with Crippen molar-refractivity contribution in [3.63, 3.8) is 0 Å². The fourth-order valence-corrected chi connectivity index (χ4v) is 1.35. The maximum absolute atomic E-state index is 11.8. The van der Waals surface area contributed by atoms with E-state index >= 15 is 0 Å². The number of nitrogens with two attached hydrogens (primary N) is 1. The summed E-state index contributed by atoms with van der Waals surface area (Å²) in [5, 5.41) is 2.75. The average molecular weight is 275 g/mol. The van der Waals surface area contributed by atoms with Gasteiger partial charge in [0.1, 0.15) is 5.75 Å². The number of hydrogen-bond acceptors (Lipinski definition) is 4. The molecule has 1 aromatic carbocycles. The molecule has 1 amide bonds. The topological polar surface area (TPSA) is 73.6 Å². The minimum atomic E-state index is -0.231. The molecule has 102 valence electrons. The van der Waals surface area contributed by atoms with Gasteiger partial charge in [-0.3, -0.25) is 4.79 Å². The Hall–Kier alpha value is -1.46. The second-order valence-electron chi connectivity index (χ2n) is 3.80. The molecule has 0 aliphatic heterocycles. The zero-order valence-electron chi connectivity index (χ0n) is 10.7. The molecule has 1 aromatic rings. The molecule has 3 N–H and O–H groups in total. The Morgan fingerprint density at radius 3 is 2.67 bits per heavy atom. The zero-order chi connectivity index (χ0) is 12.8. The number of nitrogen functional groups attached to an aromatic ring is 1. The van der Waals surface area contributed by atoms with Crippen molar-refractivity contribution in [2.75, 3.05) is 31.9 Å². The number of carbonyl (C=O) groups is 1. The van der Waals surface area contributed by atoms with Gasteiger partial charge in [-0.1, -0.05) is 6.92 Å². The Labute approximate surface area is 113 Å². The Bertz CT molecular complexity index is 399. The van der Waals surface area contributed by atoms with E-state index in [0.29, 0.717) is 23.7 Å². The van der Waals surface area contributed by atoms with Crippen LogP contribution in [-0.2, 0) is 9.53 Å². The largest absolute Gasteiger partial charge is 0.497 e. The van der Waals surface area contributed by atoms with Crippen LogP contribution < -0.4 is 15.8 Å². The van der Waals surface area contributed by atoms with E-state index in [1.165, 1.54) is 0 Å². The van der Waals surface area contributed by atoms with Crippen molar-refractivity contribution < 1.29 is 14.3 Å². The molecule has 6 heteroatoms. The van der Waals surface area contributed by atoms with Crippen LogP contribution in [0.2, 0.25) is 0 Å². The molecule has 0 fully saturated rings. The number of hydrogen-bond donors (Lipinski definition) is 2. The molecule has 0 spiro atoms. The van der Waals surface area contributed by atoms with E-state index in [9.17, 15) is 4.79 Å². The predicted octanol–water partition coefficient (Wildman–Crippen LogP) is 1.92. The molecule has 0 aliphatic carbocycles. The number of nitrogens with one attached hydrogen (secondary N) is 1. The molecule has 0 bridgehead atoms. The molecule has 1 rings (SSSR count). The first kappa shape index (κ1) is 16.5. The fourth-order valence-electron chi connectivity index (χ4n) is 1.35. The third kappa shape index (κ3) is 4.43. The number of benzene rings is 1. The molecule has 18 heavy (non-hydrogen) atoms. The molecular formula is C12H19ClN2O3. The average Bonchev–Trinajstić information content (AvgIpc) is 2.32. The Kier molecular flexibility index (Phi) is 7.16. The van der Waals surface area contributed by atoms with E-state index in [4.69, 9.17) is 15.2 Å². The summed E-state index contributed by atoms with van der Waals surface area (Å²) in [7, 11) is 3.12. The summed E-state index contributed by atoms with van der Waals surface area (Å²) in [6.45, 7) is 2.16. The third-order valence-corrected chi connectivity index (χ3v) is 2.38. The van der Waals surface area contributed by atoms with Gasteiger partial charge in [0, 0.05) is 13.2 Å². The van der Waals surface area contributed by atoms with E-state index in [2.05, 4.69) is 5.32 Å². The summed E-state index contributed by atoms with van der Waals surface area (Å²) in [5.74, 6) is 0.284. The fraction of sp³-hybridized carbons (Fsp3) is 0.417. The van der Waals surface area contributed by atoms with Crippen molar-refractivity contribution in [1.82, 2.24) is 0 Å². The second-order valence-corrected chi connectivity index (χ2v) is 3.80. The Morgan fingerprint density at radius 2 is 2.11 bits per heavy atom. The van der Waals surface area contributed by atoms with Crippen LogP contribution in [0.5, 0.6) is 5.75 Å². The smallest absolute Gasteiger partial charge is 0.229 e. The quantitative estimate of drug-likeness (QED) is 0.805. The predicted molar refractivity (Wildman–Crippen MR) is 74.3 cm³/mol. The van der Waals surface area contributed by atoms with Gasteiger partial charge in [0.2, 0.25) is 5.91 Å². The van der Waals surface area contributed by atoms with E-state index in [-0.39, 0.29) is 24.2 Å². The monoisotopic (exact) mass is 274 g/mol. The first-order chi connectivity index (χ1) is 8.08. The molecular weight excluding hydrogens is 256 g/mol. The minimum Gasteiger partial charge on any atom is -0.497 e. The van der Waals surface area contributed by atoms with Gasteiger partial charge in [0.15, 0.2) is 0 Å². The number of rotatable bonds is 5. The minimum absolute atomic E-state index is 0. The first-order valence-electron chi connectivity index (χ1n) is 5.31. The lowest BCUT2D eigenvalue weighted by Crippen LogP contribution is -2.24. The molecule has 1 atom stereocenters. The number of anilines is 2. The van der Waals surface area contributed by atoms with Crippen molar-refractivity contribution in [2.45, 2.75) is 6.92 Å². The summed E-state index contributed by atoms with van der Waals surface area (Å²) in [6.07, 6.45) is 0. The van der Waals surface area contributed by atoms with Gasteiger partial charge >= 0.3 is 0 Å². The molecule has 1 unspecified atom stereocenters. The summed E-state index contributed by atoms with van der Waals surface area (Å²) >= 11 is 0. The van der Waals surface area contributed by atoms with Gasteiger partial charge in [0.25, 0.3) is 0 Å². The molecule has 0 aliphatic rings. The molecule has 0 aromatic heterocycles. The summed E-state index contributed by atoms with van der Waals surface area (Å²) in [5.41, 5.74) is 6.82. The molecule has 0 saturated heterocycles. The highest BCUT2D eigenvalue weighted by Gasteiger charge is 2.14. The van der Waals surface area contributed by atoms with Crippen LogP contribution in [0.15, 0.2) is 18.2 Å². The van der Waals surface area contributed by atoms with Crippen molar-refractivity contribution in [2.24, 2.45) is 5.92 Å². The van der Waals surface area contributed by atoms with E-state index in [0.717, 1.165) is 0 Å². The molecule has 0 heterocycles. The number of methoxy groups -OCH3 is 2. The van der Waals surface area contributed by atoms with Gasteiger partial charge in [-0.15, -0.1) is 12.4 Å². The normalized spacial score (nSPS) is 11.3. The van der Waals surface area contributed by atoms with Crippen molar-refractivity contribution in [3.05, 3.63) is 18.2 Å². The SMILES string of the molecule is COCC(C)C(=O)Nc1cc(OC)ccc1N.Cl. The van der Waals surface area contributed by atoms with E-state index in [1.807, 2.05) is 0 Å². The lowest BCUT2D eigenvalue weighted by atomic mass is 10.1. The maximum atomic E-state index is 11.8. The van der Waals surface area contributed by atoms with Gasteiger partial charge in [-0.25, -0.2) is 0 Å². The lowest BCUT2D eigenvalue weighted by molar-refractivity contribution is -0.120. The third-order valence-electron chi connectivity index (χ3n) is 2.38. The highest BCUT2D eigenvalue weighted by Crippen LogP contribution is 2.24. The highest BCUT2D eigenvalue weighted by atomic mass is 35.5. The van der Waals surface area contributed by atoms with Crippen LogP contribution >= 0.6 is 12.4 Å². The van der Waals surface area contributed by atoms with Crippen LogP contribution in [0.25, 0.3) is 0 Å². The van der Waals surface area contributed by atoms with Crippen molar-refractivity contribution in [3.8, 4) is 5.75 Å². The Balaban J connectivity index is 0.00000289. The number of amides is 1. The first-order valence-corrected chi connectivity index (χ1v) is 5.31. The summed E-state index contributed by atoms with van der Waals surface area (Å²) in [6, 6.07) is 5.12. The van der Waals surface area contributed by atoms with Crippen LogP contribution in [0.1, 0.15) is 6.92 Å².